The molecule has 1 aliphatic rings. The monoisotopic (exact) mass is 403 g/mol. The lowest BCUT2D eigenvalue weighted by molar-refractivity contribution is -0.137. The standard InChI is InChI=1S/C20H22ClN3O4/c1-26-19-12-15(13-22-23-17-5-3-16(21)4-6-17)2-7-18(19)28-14-20(25)24-8-10-27-11-9-24/h2-7,12-13,23H,8-11,14H2,1H3/b22-13-. The molecule has 0 aromatic heterocycles. The zero-order valence-corrected chi connectivity index (χ0v) is 16.3. The molecule has 28 heavy (non-hydrogen) atoms. The van der Waals surface area contributed by atoms with Gasteiger partial charge in [-0.2, -0.15) is 5.10 Å². The summed E-state index contributed by atoms with van der Waals surface area (Å²) in [6.45, 7) is 2.27. The Morgan fingerprint density at radius 3 is 2.68 bits per heavy atom. The third-order valence-electron chi connectivity index (χ3n) is 4.15. The van der Waals surface area contributed by atoms with Crippen molar-refractivity contribution in [3.63, 3.8) is 0 Å². The van der Waals surface area contributed by atoms with Crippen molar-refractivity contribution in [1.82, 2.24) is 4.90 Å². The molecule has 0 saturated carbocycles. The van der Waals surface area contributed by atoms with Crippen molar-refractivity contribution in [2.24, 2.45) is 5.10 Å². The summed E-state index contributed by atoms with van der Waals surface area (Å²) in [5.74, 6) is 0.972. The number of hydrazone groups is 1. The first-order valence-electron chi connectivity index (χ1n) is 8.87. The van der Waals surface area contributed by atoms with E-state index in [0.717, 1.165) is 11.3 Å². The fourth-order valence-electron chi connectivity index (χ4n) is 2.63. The number of carbonyl (C=O) groups is 1. The van der Waals surface area contributed by atoms with Crippen LogP contribution in [0.2, 0.25) is 5.02 Å². The van der Waals surface area contributed by atoms with Gasteiger partial charge in [-0.1, -0.05) is 11.6 Å². The minimum absolute atomic E-state index is 0.0398. The maximum Gasteiger partial charge on any atom is 0.260 e. The summed E-state index contributed by atoms with van der Waals surface area (Å²) in [6.07, 6.45) is 1.67. The van der Waals surface area contributed by atoms with Crippen LogP contribution in [0.15, 0.2) is 47.6 Å². The second-order valence-electron chi connectivity index (χ2n) is 6.07. The molecule has 0 radical (unpaired) electrons. The van der Waals surface area contributed by atoms with Crippen LogP contribution in [0.1, 0.15) is 5.56 Å². The molecule has 2 aromatic rings. The number of rotatable bonds is 7. The van der Waals surface area contributed by atoms with Crippen LogP contribution in [-0.4, -0.2) is 57.0 Å². The molecule has 1 fully saturated rings. The summed E-state index contributed by atoms with van der Waals surface area (Å²) in [7, 11) is 1.55. The number of amides is 1. The number of anilines is 1. The lowest BCUT2D eigenvalue weighted by Crippen LogP contribution is -2.43. The molecule has 0 aliphatic carbocycles. The van der Waals surface area contributed by atoms with Gasteiger partial charge < -0.3 is 19.1 Å². The lowest BCUT2D eigenvalue weighted by atomic mass is 10.2. The van der Waals surface area contributed by atoms with Gasteiger partial charge in [0.2, 0.25) is 0 Å². The van der Waals surface area contributed by atoms with Crippen molar-refractivity contribution in [2.75, 3.05) is 45.4 Å². The van der Waals surface area contributed by atoms with Gasteiger partial charge in [0.1, 0.15) is 0 Å². The average Bonchev–Trinajstić information content (AvgIpc) is 2.74. The van der Waals surface area contributed by atoms with Gasteiger partial charge in [-0.05, 0) is 48.0 Å². The minimum atomic E-state index is -0.0665. The number of nitrogens with zero attached hydrogens (tertiary/aromatic N) is 2. The highest BCUT2D eigenvalue weighted by Crippen LogP contribution is 2.27. The molecule has 1 saturated heterocycles. The summed E-state index contributed by atoms with van der Waals surface area (Å²) < 4.78 is 16.3. The second kappa shape index (κ2) is 9.96. The molecule has 1 heterocycles. The average molecular weight is 404 g/mol. The van der Waals surface area contributed by atoms with E-state index in [0.29, 0.717) is 42.8 Å². The van der Waals surface area contributed by atoms with Gasteiger partial charge in [0, 0.05) is 18.1 Å². The van der Waals surface area contributed by atoms with Crippen molar-refractivity contribution in [3.05, 3.63) is 53.1 Å². The highest BCUT2D eigenvalue weighted by molar-refractivity contribution is 6.30. The molecule has 0 atom stereocenters. The second-order valence-corrected chi connectivity index (χ2v) is 6.51. The molecule has 0 unspecified atom stereocenters. The molecule has 2 aromatic carbocycles. The first-order chi connectivity index (χ1) is 13.7. The zero-order valence-electron chi connectivity index (χ0n) is 15.6. The number of methoxy groups -OCH3 is 1. The van der Waals surface area contributed by atoms with Gasteiger partial charge in [0.05, 0.1) is 32.2 Å². The Kier molecular flexibility index (Phi) is 7.11. The van der Waals surface area contributed by atoms with Gasteiger partial charge in [0.25, 0.3) is 5.91 Å². The highest BCUT2D eigenvalue weighted by Gasteiger charge is 2.18. The van der Waals surface area contributed by atoms with Crippen molar-refractivity contribution in [2.45, 2.75) is 0 Å². The third-order valence-corrected chi connectivity index (χ3v) is 4.41. The molecule has 1 aliphatic heterocycles. The Balaban J connectivity index is 1.57. The van der Waals surface area contributed by atoms with E-state index in [1.165, 1.54) is 0 Å². The van der Waals surface area contributed by atoms with Crippen molar-refractivity contribution >= 4 is 29.4 Å². The van der Waals surface area contributed by atoms with Crippen LogP contribution in [0.5, 0.6) is 11.5 Å². The van der Waals surface area contributed by atoms with Crippen LogP contribution in [0.25, 0.3) is 0 Å². The maximum absolute atomic E-state index is 12.2. The largest absolute Gasteiger partial charge is 0.493 e. The van der Waals surface area contributed by atoms with Gasteiger partial charge in [-0.3, -0.25) is 10.2 Å². The number of carbonyl (C=O) groups excluding carboxylic acids is 1. The predicted octanol–water partition coefficient (Wildman–Crippen LogP) is 3.03. The number of ether oxygens (including phenoxy) is 3. The molecule has 7 nitrogen and oxygen atoms in total. The van der Waals surface area contributed by atoms with Gasteiger partial charge in [0.15, 0.2) is 18.1 Å². The summed E-state index contributed by atoms with van der Waals surface area (Å²) in [4.78, 5) is 13.9. The van der Waals surface area contributed by atoms with E-state index in [1.54, 1.807) is 42.5 Å². The summed E-state index contributed by atoms with van der Waals surface area (Å²) in [5.41, 5.74) is 4.58. The topological polar surface area (TPSA) is 72.4 Å². The molecule has 8 heteroatoms. The number of hydrogen-bond acceptors (Lipinski definition) is 6. The van der Waals surface area contributed by atoms with Crippen LogP contribution < -0.4 is 14.9 Å². The molecule has 1 N–H and O–H groups in total. The predicted molar refractivity (Wildman–Crippen MR) is 109 cm³/mol. The van der Waals surface area contributed by atoms with Crippen LogP contribution in [0.4, 0.5) is 5.69 Å². The normalized spacial score (nSPS) is 14.1. The molecular weight excluding hydrogens is 382 g/mol. The molecular formula is C20H22ClN3O4. The van der Waals surface area contributed by atoms with Crippen molar-refractivity contribution < 1.29 is 19.0 Å². The maximum atomic E-state index is 12.2. The van der Waals surface area contributed by atoms with Gasteiger partial charge in [-0.15, -0.1) is 0 Å². The Bertz CT molecular complexity index is 821. The Morgan fingerprint density at radius 1 is 1.21 bits per heavy atom. The number of morpholine rings is 1. The van der Waals surface area contributed by atoms with E-state index in [9.17, 15) is 4.79 Å². The third kappa shape index (κ3) is 5.61. The molecule has 1 amide bonds. The minimum Gasteiger partial charge on any atom is -0.493 e. The van der Waals surface area contributed by atoms with E-state index in [4.69, 9.17) is 25.8 Å². The fraction of sp³-hybridized carbons (Fsp3) is 0.300. The molecule has 148 valence electrons. The highest BCUT2D eigenvalue weighted by atomic mass is 35.5. The van der Waals surface area contributed by atoms with Crippen LogP contribution in [0.3, 0.4) is 0 Å². The summed E-state index contributed by atoms with van der Waals surface area (Å²) in [6, 6.07) is 12.6. The van der Waals surface area contributed by atoms with E-state index in [2.05, 4.69) is 10.5 Å². The Labute approximate surface area is 168 Å². The quantitative estimate of drug-likeness (QED) is 0.568. The van der Waals surface area contributed by atoms with Crippen LogP contribution in [-0.2, 0) is 9.53 Å². The number of hydrogen-bond donors (Lipinski definition) is 1. The summed E-state index contributed by atoms with van der Waals surface area (Å²) in [5, 5.41) is 4.86. The van der Waals surface area contributed by atoms with E-state index in [1.807, 2.05) is 18.2 Å². The smallest absolute Gasteiger partial charge is 0.260 e. The van der Waals surface area contributed by atoms with Gasteiger partial charge in [-0.25, -0.2) is 0 Å². The van der Waals surface area contributed by atoms with E-state index < -0.39 is 0 Å². The molecule has 3 rings (SSSR count). The number of nitrogens with one attached hydrogen (secondary N) is 1. The first kappa shape index (κ1) is 20.0. The fourth-order valence-corrected chi connectivity index (χ4v) is 2.76. The van der Waals surface area contributed by atoms with Crippen LogP contribution in [0, 0.1) is 0 Å². The Morgan fingerprint density at radius 2 is 1.96 bits per heavy atom. The van der Waals surface area contributed by atoms with Crippen LogP contribution >= 0.6 is 11.6 Å². The Hall–Kier alpha value is -2.77. The molecule has 0 spiro atoms. The number of halogens is 1. The van der Waals surface area contributed by atoms with Crippen molar-refractivity contribution in [3.8, 4) is 11.5 Å². The van der Waals surface area contributed by atoms with E-state index >= 15 is 0 Å². The van der Waals surface area contributed by atoms with Crippen molar-refractivity contribution in [1.29, 1.82) is 0 Å². The SMILES string of the molecule is COc1cc(/C=N\Nc2ccc(Cl)cc2)ccc1OCC(=O)N1CCOCC1. The summed E-state index contributed by atoms with van der Waals surface area (Å²) >= 11 is 5.86. The number of benzene rings is 2. The zero-order chi connectivity index (χ0) is 19.8. The first-order valence-corrected chi connectivity index (χ1v) is 9.24. The molecule has 0 bridgehead atoms. The van der Waals surface area contributed by atoms with E-state index in [-0.39, 0.29) is 12.5 Å². The van der Waals surface area contributed by atoms with Gasteiger partial charge >= 0.3 is 0 Å². The lowest BCUT2D eigenvalue weighted by Gasteiger charge is -2.26.